The molecule has 0 bridgehead atoms. The van der Waals surface area contributed by atoms with Crippen LogP contribution < -0.4 is 5.63 Å². The molecule has 1 radical (unpaired) electrons. The first-order valence-corrected chi connectivity index (χ1v) is 4.07. The average molecular weight is 419 g/mol. The molecule has 5 heteroatoms. The van der Waals surface area contributed by atoms with E-state index in [1.807, 2.05) is 0 Å². The summed E-state index contributed by atoms with van der Waals surface area (Å²) in [4.78, 5) is 11.0. The van der Waals surface area contributed by atoms with Crippen molar-refractivity contribution in [1.82, 2.24) is 0 Å². The van der Waals surface area contributed by atoms with Gasteiger partial charge in [0.1, 0.15) is 11.3 Å². The van der Waals surface area contributed by atoms with E-state index < -0.39 is 5.63 Å². The van der Waals surface area contributed by atoms with Crippen molar-refractivity contribution >= 4 is 11.0 Å². The maximum atomic E-state index is 11.0. The Morgan fingerprint density at radius 1 is 1.27 bits per heavy atom. The maximum Gasteiger partial charge on any atom is 0.336 e. The summed E-state index contributed by atoms with van der Waals surface area (Å²) < 4.78 is 4.86. The Morgan fingerprint density at radius 3 is 2.67 bits per heavy atom. The Balaban J connectivity index is 0.00000112. The Morgan fingerprint density at radius 2 is 2.00 bits per heavy atom. The Labute approximate surface area is 121 Å². The zero-order valence-corrected chi connectivity index (χ0v) is 12.6. The van der Waals surface area contributed by atoms with Gasteiger partial charge in [0.25, 0.3) is 0 Å². The van der Waals surface area contributed by atoms with Gasteiger partial charge in [0.05, 0.1) is 6.61 Å². The summed E-state index contributed by atoms with van der Waals surface area (Å²) in [6.07, 6.45) is 0. The molecule has 1 heterocycles. The van der Waals surface area contributed by atoms with E-state index >= 15 is 0 Å². The number of phenolic OH excluding ortho intramolecular Hbond substituents is 1. The number of hydrogen-bond donors (Lipinski definition) is 2. The fourth-order valence-electron chi connectivity index (χ4n) is 1.35. The van der Waals surface area contributed by atoms with Crippen LogP contribution in [0.25, 0.3) is 11.0 Å². The van der Waals surface area contributed by atoms with Gasteiger partial charge >= 0.3 is 5.63 Å². The Kier molecular flexibility index (Phi) is 4.33. The fraction of sp³-hybridized carbons (Fsp3) is 0.100. The van der Waals surface area contributed by atoms with Gasteiger partial charge in [0.2, 0.25) is 0 Å². The summed E-state index contributed by atoms with van der Waals surface area (Å²) in [5.41, 5.74) is 0.241. The molecule has 4 nitrogen and oxygen atoms in total. The molecule has 75 valence electrons. The third-order valence-corrected chi connectivity index (χ3v) is 1.98. The minimum Gasteiger partial charge on any atom is -0.508 e. The maximum absolute atomic E-state index is 11.0. The van der Waals surface area contributed by atoms with Crippen molar-refractivity contribution in [1.29, 1.82) is 0 Å². The van der Waals surface area contributed by atoms with Crippen LogP contribution in [0.5, 0.6) is 5.75 Å². The van der Waals surface area contributed by atoms with Gasteiger partial charge in [-0.2, -0.15) is 0 Å². The molecule has 0 aliphatic rings. The minimum atomic E-state index is -0.535. The van der Waals surface area contributed by atoms with Crippen molar-refractivity contribution in [3.05, 3.63) is 40.2 Å². The molecule has 2 rings (SSSR count). The first-order chi connectivity index (χ1) is 6.70. The zero-order valence-electron chi connectivity index (χ0n) is 7.80. The molecule has 0 unspecified atom stereocenters. The summed E-state index contributed by atoms with van der Waals surface area (Å²) >= 11 is 0. The SMILES string of the molecule is O=c1cc(CO)c2ccc(O)cc2o1.[Ac]. The number of aliphatic hydroxyl groups is 1. The fourth-order valence-corrected chi connectivity index (χ4v) is 1.35. The first-order valence-electron chi connectivity index (χ1n) is 4.07. The van der Waals surface area contributed by atoms with Crippen LogP contribution in [0.3, 0.4) is 0 Å². The number of benzene rings is 1. The van der Waals surface area contributed by atoms with Crippen molar-refractivity contribution in [3.63, 3.8) is 0 Å². The van der Waals surface area contributed by atoms with Gasteiger partial charge in [-0.05, 0) is 17.7 Å². The smallest absolute Gasteiger partial charge is 0.336 e. The van der Waals surface area contributed by atoms with Crippen LogP contribution in [-0.2, 0) is 6.61 Å². The van der Waals surface area contributed by atoms with E-state index in [0.717, 1.165) is 0 Å². The van der Waals surface area contributed by atoms with E-state index in [1.54, 1.807) is 6.07 Å². The summed E-state index contributed by atoms with van der Waals surface area (Å²) in [6, 6.07) is 5.65. The zero-order chi connectivity index (χ0) is 10.1. The molecule has 15 heavy (non-hydrogen) atoms. The molecule has 0 saturated heterocycles. The van der Waals surface area contributed by atoms with Crippen LogP contribution in [0.1, 0.15) is 5.56 Å². The molecule has 0 amide bonds. The predicted molar refractivity (Wildman–Crippen MR) is 50.1 cm³/mol. The number of phenols is 1. The van der Waals surface area contributed by atoms with Crippen molar-refractivity contribution in [2.45, 2.75) is 6.61 Å². The van der Waals surface area contributed by atoms with Gasteiger partial charge in [-0.1, -0.05) is 0 Å². The quantitative estimate of drug-likeness (QED) is 0.677. The second kappa shape index (κ2) is 5.11. The molecular weight excluding hydrogens is 411 g/mol. The third-order valence-electron chi connectivity index (χ3n) is 1.98. The average Bonchev–Trinajstić information content (AvgIpc) is 2.15. The molecule has 0 atom stereocenters. The van der Waals surface area contributed by atoms with Gasteiger partial charge in [-0.25, -0.2) is 4.79 Å². The molecule has 1 aromatic carbocycles. The monoisotopic (exact) mass is 419 g/mol. The molecule has 1 aromatic heterocycles. The normalized spacial score (nSPS) is 9.93. The van der Waals surface area contributed by atoms with Crippen molar-refractivity contribution < 1.29 is 58.7 Å². The van der Waals surface area contributed by atoms with Crippen LogP contribution >= 0.6 is 0 Å². The third kappa shape index (κ3) is 2.60. The van der Waals surface area contributed by atoms with Gasteiger partial charge in [0, 0.05) is 61.6 Å². The molecule has 0 aliphatic carbocycles. The Hall–Kier alpha value is -0.368. The van der Waals surface area contributed by atoms with Gasteiger partial charge < -0.3 is 14.6 Å². The molecule has 0 aliphatic heterocycles. The van der Waals surface area contributed by atoms with Crippen LogP contribution in [0, 0.1) is 44.1 Å². The van der Waals surface area contributed by atoms with E-state index in [9.17, 15) is 4.79 Å². The molecule has 2 aromatic rings. The number of fused-ring (bicyclic) bond motifs is 1. The number of aliphatic hydroxyl groups excluding tert-OH is 1. The number of hydrogen-bond acceptors (Lipinski definition) is 4. The van der Waals surface area contributed by atoms with Crippen LogP contribution in [-0.4, -0.2) is 10.2 Å². The summed E-state index contributed by atoms with van der Waals surface area (Å²) in [6.45, 7) is -0.229. The first kappa shape index (κ1) is 12.7. The summed E-state index contributed by atoms with van der Waals surface area (Å²) in [5, 5.41) is 18.8. The van der Waals surface area contributed by atoms with Crippen LogP contribution in [0.15, 0.2) is 33.5 Å². The van der Waals surface area contributed by atoms with Crippen LogP contribution in [0.4, 0.5) is 0 Å². The summed E-state index contributed by atoms with van der Waals surface area (Å²) in [7, 11) is 0. The minimum absolute atomic E-state index is 0. The van der Waals surface area contributed by atoms with E-state index in [1.165, 1.54) is 18.2 Å². The van der Waals surface area contributed by atoms with Crippen LogP contribution in [0.2, 0.25) is 0 Å². The van der Waals surface area contributed by atoms with E-state index in [4.69, 9.17) is 14.6 Å². The second-order valence-corrected chi connectivity index (χ2v) is 2.93. The standard InChI is InChI=1S/C10H8O4.Ac/c11-5-6-3-10(13)14-9-4-7(12)1-2-8(6)9;/h1-4,11-12H,5H2;. The molecular formula is C10H8AcO4. The predicted octanol–water partition coefficient (Wildman–Crippen LogP) is 0.991. The van der Waals surface area contributed by atoms with E-state index in [-0.39, 0.29) is 62.0 Å². The van der Waals surface area contributed by atoms with E-state index in [2.05, 4.69) is 0 Å². The van der Waals surface area contributed by atoms with Crippen molar-refractivity contribution in [3.8, 4) is 5.75 Å². The largest absolute Gasteiger partial charge is 0.508 e. The summed E-state index contributed by atoms with van der Waals surface area (Å²) in [5.74, 6) is 0.0238. The molecule has 0 fully saturated rings. The number of aromatic hydroxyl groups is 1. The molecule has 0 saturated carbocycles. The van der Waals surface area contributed by atoms with Gasteiger partial charge in [-0.15, -0.1) is 0 Å². The van der Waals surface area contributed by atoms with Gasteiger partial charge in [0.15, 0.2) is 0 Å². The van der Waals surface area contributed by atoms with Crippen molar-refractivity contribution in [2.24, 2.45) is 0 Å². The van der Waals surface area contributed by atoms with Crippen molar-refractivity contribution in [2.75, 3.05) is 0 Å². The number of rotatable bonds is 1. The Bertz CT molecular complexity index is 532. The molecule has 0 spiro atoms. The van der Waals surface area contributed by atoms with Gasteiger partial charge in [-0.3, -0.25) is 0 Å². The topological polar surface area (TPSA) is 70.7 Å². The second-order valence-electron chi connectivity index (χ2n) is 2.93. The molecule has 2 N–H and O–H groups in total. The van der Waals surface area contributed by atoms with E-state index in [0.29, 0.717) is 10.9 Å².